The molecule has 6 aromatic carbocycles. The van der Waals surface area contributed by atoms with E-state index >= 15 is 0 Å². The van der Waals surface area contributed by atoms with E-state index in [1.165, 1.54) is 43.8 Å². The molecule has 0 fully saturated rings. The van der Waals surface area contributed by atoms with Gasteiger partial charge in [-0.3, -0.25) is 4.79 Å². The fourth-order valence-electron chi connectivity index (χ4n) is 8.79. The Kier molecular flexibility index (Phi) is 8.88. The molecular formula is C56H57N3O. The topological polar surface area (TPSA) is 39.8 Å². The summed E-state index contributed by atoms with van der Waals surface area (Å²) in [7, 11) is 0. The van der Waals surface area contributed by atoms with Crippen LogP contribution in [0.4, 0.5) is 0 Å². The Labute approximate surface area is 354 Å². The van der Waals surface area contributed by atoms with Gasteiger partial charge in [-0.2, -0.15) is 0 Å². The normalized spacial score (nSPS) is 13.1. The molecule has 0 N–H and O–H groups in total. The largest absolute Gasteiger partial charge is 0.309 e. The van der Waals surface area contributed by atoms with Gasteiger partial charge in [0.15, 0.2) is 0 Å². The molecule has 0 aliphatic carbocycles. The maximum atomic E-state index is 14.9. The molecule has 0 saturated carbocycles. The third-order valence-electron chi connectivity index (χ3n) is 12.5. The maximum Gasteiger partial charge on any atom is 0.211 e. The number of fused-ring (bicyclic) bond motifs is 7. The van der Waals surface area contributed by atoms with Crippen LogP contribution >= 0.6 is 0 Å². The zero-order valence-corrected chi connectivity index (χ0v) is 37.4. The van der Waals surface area contributed by atoms with E-state index in [4.69, 9.17) is 4.98 Å². The van der Waals surface area contributed by atoms with Crippen LogP contribution in [0.15, 0.2) is 127 Å². The second-order valence-electron chi connectivity index (χ2n) is 21.1. The Morgan fingerprint density at radius 1 is 0.417 bits per heavy atom. The number of ketones is 1. The zero-order chi connectivity index (χ0) is 42.7. The van der Waals surface area contributed by atoms with Crippen LogP contribution in [0.25, 0.3) is 65.9 Å². The van der Waals surface area contributed by atoms with Gasteiger partial charge in [-0.25, -0.2) is 4.98 Å². The molecule has 4 nitrogen and oxygen atoms in total. The van der Waals surface area contributed by atoms with E-state index < -0.39 is 0 Å². The number of para-hydroxylation sites is 1. The second-order valence-corrected chi connectivity index (χ2v) is 21.1. The van der Waals surface area contributed by atoms with Crippen LogP contribution in [-0.4, -0.2) is 19.9 Å². The number of carbonyl (C=O) groups is 1. The lowest BCUT2D eigenvalue weighted by Gasteiger charge is -2.20. The molecule has 0 saturated heterocycles. The van der Waals surface area contributed by atoms with E-state index in [1.807, 2.05) is 36.4 Å². The lowest BCUT2D eigenvalue weighted by molar-refractivity contribution is 0.103. The first kappa shape index (κ1) is 39.5. The van der Waals surface area contributed by atoms with Gasteiger partial charge in [-0.1, -0.05) is 132 Å². The first-order valence-electron chi connectivity index (χ1n) is 21.4. The molecule has 4 heteroatoms. The Morgan fingerprint density at radius 2 is 0.783 bits per heavy atom. The molecule has 60 heavy (non-hydrogen) atoms. The van der Waals surface area contributed by atoms with Crippen molar-refractivity contribution < 1.29 is 4.79 Å². The van der Waals surface area contributed by atoms with Gasteiger partial charge in [-0.15, -0.1) is 0 Å². The predicted molar refractivity (Wildman–Crippen MR) is 255 cm³/mol. The molecule has 302 valence electrons. The summed E-state index contributed by atoms with van der Waals surface area (Å²) in [5, 5.41) is 5.84. The number of hydrogen-bond acceptors (Lipinski definition) is 2. The van der Waals surface area contributed by atoms with Crippen LogP contribution in [0.5, 0.6) is 0 Å². The molecule has 9 aromatic rings. The van der Waals surface area contributed by atoms with Gasteiger partial charge in [-0.05, 0) is 123 Å². The summed E-state index contributed by atoms with van der Waals surface area (Å²) in [6, 6.07) is 45.9. The minimum absolute atomic E-state index is 0.0210. The lowest BCUT2D eigenvalue weighted by atomic mass is 9.85. The van der Waals surface area contributed by atoms with E-state index in [0.717, 1.165) is 44.3 Å². The summed E-state index contributed by atoms with van der Waals surface area (Å²) >= 11 is 0. The third kappa shape index (κ3) is 6.71. The summed E-state index contributed by atoms with van der Waals surface area (Å²) in [6.07, 6.45) is 0. The molecule has 9 rings (SSSR count). The average molecular weight is 788 g/mol. The average Bonchev–Trinajstić information content (AvgIpc) is 3.70. The molecule has 0 aliphatic heterocycles. The van der Waals surface area contributed by atoms with Crippen molar-refractivity contribution in [2.75, 3.05) is 0 Å². The zero-order valence-electron chi connectivity index (χ0n) is 37.4. The third-order valence-corrected chi connectivity index (χ3v) is 12.5. The van der Waals surface area contributed by atoms with Crippen molar-refractivity contribution in [1.29, 1.82) is 0 Å². The van der Waals surface area contributed by atoms with Crippen molar-refractivity contribution >= 4 is 60.3 Å². The standard InChI is InChI=1S/C56H57N3O/c1-53(2,3)36-18-23-48-42(29-36)43-30-37(54(4,5)6)19-24-49(43)58(48)40-27-35(52(60)47-22-17-34-15-13-14-16-46(34)57-47)28-41(33-40)59-50-25-20-38(55(7,8)9)31-44(50)45-32-39(56(10,11)12)21-26-51(45)59/h13-33H,1-12H3. The highest BCUT2D eigenvalue weighted by Gasteiger charge is 2.25. The molecular weight excluding hydrogens is 731 g/mol. The van der Waals surface area contributed by atoms with Gasteiger partial charge in [0.25, 0.3) is 0 Å². The maximum absolute atomic E-state index is 14.9. The van der Waals surface area contributed by atoms with Crippen molar-refractivity contribution in [3.63, 3.8) is 0 Å². The number of hydrogen-bond donors (Lipinski definition) is 0. The first-order valence-corrected chi connectivity index (χ1v) is 21.4. The van der Waals surface area contributed by atoms with Crippen LogP contribution in [0.2, 0.25) is 0 Å². The van der Waals surface area contributed by atoms with Crippen LogP contribution in [0.1, 0.15) is 121 Å². The molecule has 0 amide bonds. The Bertz CT molecular complexity index is 2890. The number of carbonyl (C=O) groups excluding carboxylic acids is 1. The molecule has 0 atom stereocenters. The van der Waals surface area contributed by atoms with Crippen LogP contribution < -0.4 is 0 Å². The van der Waals surface area contributed by atoms with Crippen molar-refractivity contribution in [2.24, 2.45) is 0 Å². The quantitative estimate of drug-likeness (QED) is 0.167. The van der Waals surface area contributed by atoms with E-state index in [-0.39, 0.29) is 27.4 Å². The van der Waals surface area contributed by atoms with Crippen molar-refractivity contribution in [1.82, 2.24) is 14.1 Å². The van der Waals surface area contributed by atoms with Gasteiger partial charge in [0.2, 0.25) is 5.78 Å². The van der Waals surface area contributed by atoms with Crippen LogP contribution in [0, 0.1) is 0 Å². The fourth-order valence-corrected chi connectivity index (χ4v) is 8.79. The molecule has 0 aliphatic rings. The minimum atomic E-state index is -0.111. The second kappa shape index (κ2) is 13.5. The van der Waals surface area contributed by atoms with E-state index in [1.54, 1.807) is 0 Å². The lowest BCUT2D eigenvalue weighted by Crippen LogP contribution is -2.11. The highest BCUT2D eigenvalue weighted by Crippen LogP contribution is 2.41. The van der Waals surface area contributed by atoms with Crippen molar-refractivity contribution in [3.05, 3.63) is 161 Å². The SMILES string of the molecule is CC(C)(C)c1ccc2c(c1)c1cc(C(C)(C)C)ccc1n2-c1cc(C(=O)c2ccc3ccccc3n2)cc(-n2c3ccc(C(C)(C)C)cc3c3cc(C(C)(C)C)ccc32)c1. The molecule has 0 bridgehead atoms. The number of rotatable bonds is 4. The number of nitrogens with zero attached hydrogens (tertiary/aromatic N) is 3. The molecule has 3 aromatic heterocycles. The summed E-state index contributed by atoms with van der Waals surface area (Å²) in [5.74, 6) is -0.111. The van der Waals surface area contributed by atoms with Crippen molar-refractivity contribution in [3.8, 4) is 11.4 Å². The van der Waals surface area contributed by atoms with Gasteiger partial charge >= 0.3 is 0 Å². The number of benzene rings is 6. The summed E-state index contributed by atoms with van der Waals surface area (Å²) in [6.45, 7) is 27.3. The Morgan fingerprint density at radius 3 is 1.15 bits per heavy atom. The highest BCUT2D eigenvalue weighted by atomic mass is 16.1. The van der Waals surface area contributed by atoms with Gasteiger partial charge in [0, 0.05) is 43.9 Å². The van der Waals surface area contributed by atoms with Crippen molar-refractivity contribution in [2.45, 2.75) is 105 Å². The Hall–Kier alpha value is -6.00. The minimum Gasteiger partial charge on any atom is -0.309 e. The Balaban J connectivity index is 1.38. The molecule has 0 spiro atoms. The summed E-state index contributed by atoms with van der Waals surface area (Å²) < 4.78 is 4.72. The van der Waals surface area contributed by atoms with Gasteiger partial charge in [0.05, 0.1) is 27.6 Å². The molecule has 3 heterocycles. The number of aromatic nitrogens is 3. The summed E-state index contributed by atoms with van der Waals surface area (Å²) in [5.41, 5.74) is 13.2. The highest BCUT2D eigenvalue weighted by molar-refractivity contribution is 6.13. The smallest absolute Gasteiger partial charge is 0.211 e. The van der Waals surface area contributed by atoms with Crippen LogP contribution in [-0.2, 0) is 21.7 Å². The summed E-state index contributed by atoms with van der Waals surface area (Å²) in [4.78, 5) is 19.8. The first-order chi connectivity index (χ1) is 28.2. The fraction of sp³-hybridized carbons (Fsp3) is 0.286. The van der Waals surface area contributed by atoms with E-state index in [9.17, 15) is 4.79 Å². The number of pyridine rings is 1. The van der Waals surface area contributed by atoms with Gasteiger partial charge < -0.3 is 9.13 Å². The monoisotopic (exact) mass is 787 g/mol. The van der Waals surface area contributed by atoms with E-state index in [2.05, 4.69) is 183 Å². The molecule has 0 unspecified atom stereocenters. The molecule has 0 radical (unpaired) electrons. The van der Waals surface area contributed by atoms with E-state index in [0.29, 0.717) is 11.3 Å². The predicted octanol–water partition coefficient (Wildman–Crippen LogP) is 14.8. The van der Waals surface area contributed by atoms with Crippen LogP contribution in [0.3, 0.4) is 0 Å². The van der Waals surface area contributed by atoms with Gasteiger partial charge in [0.1, 0.15) is 5.69 Å².